The average Bonchev–Trinajstić information content (AvgIpc) is 3.44. The third-order valence-electron chi connectivity index (χ3n) is 4.91. The number of nitrogens with zero attached hydrogens (tertiary/aromatic N) is 5. The Balaban J connectivity index is 0.00000225. The molecule has 2 aromatic heterocycles. The molecule has 0 spiro atoms. The van der Waals surface area contributed by atoms with Gasteiger partial charge in [0.2, 0.25) is 0 Å². The lowest BCUT2D eigenvalue weighted by Gasteiger charge is -2.21. The minimum atomic E-state index is 0. The van der Waals surface area contributed by atoms with Crippen LogP contribution in [0.1, 0.15) is 22.9 Å². The van der Waals surface area contributed by atoms with Gasteiger partial charge in [0, 0.05) is 50.2 Å². The largest absolute Gasteiger partial charge is 0.350 e. The van der Waals surface area contributed by atoms with Crippen molar-refractivity contribution in [2.75, 3.05) is 20.1 Å². The summed E-state index contributed by atoms with van der Waals surface area (Å²) in [4.78, 5) is 11.5. The third kappa shape index (κ3) is 4.72. The number of benzene rings is 1. The number of rotatable bonds is 4. The van der Waals surface area contributed by atoms with Crippen LogP contribution in [0.5, 0.6) is 0 Å². The molecule has 0 saturated carbocycles. The molecule has 3 heterocycles. The number of halogens is 1. The number of aryl methyl sites for hydroxylation is 1. The summed E-state index contributed by atoms with van der Waals surface area (Å²) in [5, 5.41) is 11.0. The van der Waals surface area contributed by atoms with Crippen LogP contribution in [0.25, 0.3) is 11.3 Å². The maximum absolute atomic E-state index is 4.75. The van der Waals surface area contributed by atoms with Gasteiger partial charge in [-0.3, -0.25) is 9.67 Å². The predicted molar refractivity (Wildman–Crippen MR) is 125 cm³/mol. The van der Waals surface area contributed by atoms with Gasteiger partial charge in [-0.25, -0.2) is 4.98 Å². The van der Waals surface area contributed by atoms with Crippen molar-refractivity contribution in [2.45, 2.75) is 18.9 Å². The number of hydrogen-bond acceptors (Lipinski definition) is 4. The summed E-state index contributed by atoms with van der Waals surface area (Å²) < 4.78 is 1.87. The quantitative estimate of drug-likeness (QED) is 0.332. The van der Waals surface area contributed by atoms with Crippen LogP contribution in [0.4, 0.5) is 0 Å². The fraction of sp³-hybridized carbons (Fsp3) is 0.350. The first-order valence-electron chi connectivity index (χ1n) is 9.17. The van der Waals surface area contributed by atoms with Gasteiger partial charge in [-0.15, -0.1) is 35.3 Å². The van der Waals surface area contributed by atoms with Gasteiger partial charge in [0.25, 0.3) is 0 Å². The Labute approximate surface area is 186 Å². The highest BCUT2D eigenvalue weighted by atomic mass is 127. The van der Waals surface area contributed by atoms with Gasteiger partial charge in [-0.2, -0.15) is 5.10 Å². The highest BCUT2D eigenvalue weighted by Crippen LogP contribution is 2.27. The monoisotopic (exact) mass is 508 g/mol. The van der Waals surface area contributed by atoms with Gasteiger partial charge in [0.15, 0.2) is 5.96 Å². The van der Waals surface area contributed by atoms with Crippen molar-refractivity contribution in [2.24, 2.45) is 12.0 Å². The van der Waals surface area contributed by atoms with Gasteiger partial charge in [-0.1, -0.05) is 30.3 Å². The maximum atomic E-state index is 4.75. The Bertz CT molecular complexity index is 920. The normalized spacial score (nSPS) is 16.9. The highest BCUT2D eigenvalue weighted by Gasteiger charge is 2.26. The molecular formula is C20H25IN6S. The van der Waals surface area contributed by atoms with Crippen molar-refractivity contribution >= 4 is 41.3 Å². The maximum Gasteiger partial charge on any atom is 0.194 e. The van der Waals surface area contributed by atoms with Crippen LogP contribution in [0.3, 0.4) is 0 Å². The summed E-state index contributed by atoms with van der Waals surface area (Å²) in [7, 11) is 3.81. The van der Waals surface area contributed by atoms with Crippen molar-refractivity contribution in [3.05, 3.63) is 58.7 Å². The summed E-state index contributed by atoms with van der Waals surface area (Å²) >= 11 is 1.68. The number of thiazole rings is 1. The van der Waals surface area contributed by atoms with Crippen molar-refractivity contribution < 1.29 is 0 Å². The number of aromatic nitrogens is 3. The van der Waals surface area contributed by atoms with E-state index >= 15 is 0 Å². The Morgan fingerprint density at radius 1 is 1.32 bits per heavy atom. The van der Waals surface area contributed by atoms with E-state index in [-0.39, 0.29) is 24.0 Å². The van der Waals surface area contributed by atoms with Gasteiger partial charge in [0.1, 0.15) is 5.01 Å². The number of aliphatic imine (C=N–C) groups is 1. The molecule has 28 heavy (non-hydrogen) atoms. The number of hydrogen-bond donors (Lipinski definition) is 1. The van der Waals surface area contributed by atoms with Crippen LogP contribution in [0, 0.1) is 0 Å². The molecule has 1 fully saturated rings. The molecule has 0 amide bonds. The Hall–Kier alpha value is -1.94. The van der Waals surface area contributed by atoms with Crippen molar-refractivity contribution in [1.82, 2.24) is 25.0 Å². The lowest BCUT2D eigenvalue weighted by Crippen LogP contribution is -2.39. The minimum Gasteiger partial charge on any atom is -0.350 e. The molecule has 1 aliphatic rings. The van der Waals surface area contributed by atoms with E-state index in [1.165, 1.54) is 5.56 Å². The topological polar surface area (TPSA) is 58.3 Å². The molecule has 148 valence electrons. The summed E-state index contributed by atoms with van der Waals surface area (Å²) in [6.45, 7) is 2.67. The molecule has 1 N–H and O–H groups in total. The zero-order valence-corrected chi connectivity index (χ0v) is 19.2. The standard InChI is InChI=1S/C20H24N6S.HI/c1-21-20(26-9-8-16(13-26)17-10-23-25(2)12-17)22-11-19-24-18(14-27-19)15-6-4-3-5-7-15;/h3-7,10,12,14,16H,8-9,11,13H2,1-2H3,(H,21,22);1H. The van der Waals surface area contributed by atoms with Crippen LogP contribution < -0.4 is 5.32 Å². The lowest BCUT2D eigenvalue weighted by atomic mass is 10.0. The van der Waals surface area contributed by atoms with Crippen molar-refractivity contribution in [3.63, 3.8) is 0 Å². The molecule has 8 heteroatoms. The molecule has 1 unspecified atom stereocenters. The summed E-state index contributed by atoms with van der Waals surface area (Å²) in [5.41, 5.74) is 3.50. The molecule has 1 aliphatic heterocycles. The summed E-state index contributed by atoms with van der Waals surface area (Å²) in [5.74, 6) is 1.46. The van der Waals surface area contributed by atoms with Crippen LogP contribution >= 0.6 is 35.3 Å². The second kappa shape index (κ2) is 9.51. The zero-order chi connectivity index (χ0) is 18.6. The van der Waals surface area contributed by atoms with Crippen LogP contribution in [0.15, 0.2) is 53.1 Å². The molecule has 0 bridgehead atoms. The molecular weight excluding hydrogens is 483 g/mol. The first-order valence-corrected chi connectivity index (χ1v) is 10.0. The molecule has 1 aromatic carbocycles. The first-order chi connectivity index (χ1) is 13.2. The molecule has 3 aromatic rings. The Kier molecular flexibility index (Phi) is 7.06. The molecule has 0 radical (unpaired) electrons. The summed E-state index contributed by atoms with van der Waals surface area (Å²) in [6, 6.07) is 10.3. The van der Waals surface area contributed by atoms with Crippen LogP contribution in [-0.2, 0) is 13.6 Å². The van der Waals surface area contributed by atoms with Crippen LogP contribution in [0.2, 0.25) is 0 Å². The first kappa shape index (κ1) is 20.8. The molecule has 0 aliphatic carbocycles. The van der Waals surface area contributed by atoms with E-state index in [1.807, 2.05) is 43.2 Å². The SMILES string of the molecule is CN=C(NCc1nc(-c2ccccc2)cs1)N1CCC(c2cnn(C)c2)C1.I. The highest BCUT2D eigenvalue weighted by molar-refractivity contribution is 14.0. The smallest absolute Gasteiger partial charge is 0.194 e. The fourth-order valence-corrected chi connectivity index (χ4v) is 4.24. The van der Waals surface area contributed by atoms with Gasteiger partial charge >= 0.3 is 0 Å². The lowest BCUT2D eigenvalue weighted by molar-refractivity contribution is 0.485. The van der Waals surface area contributed by atoms with E-state index in [9.17, 15) is 0 Å². The average molecular weight is 508 g/mol. The Morgan fingerprint density at radius 2 is 2.14 bits per heavy atom. The number of likely N-dealkylation sites (tertiary alicyclic amines) is 1. The minimum absolute atomic E-state index is 0. The van der Waals surface area contributed by atoms with E-state index in [4.69, 9.17) is 4.98 Å². The molecule has 6 nitrogen and oxygen atoms in total. The van der Waals surface area contributed by atoms with E-state index in [0.717, 1.165) is 41.7 Å². The number of guanidine groups is 1. The molecule has 4 rings (SSSR count). The van der Waals surface area contributed by atoms with Crippen molar-refractivity contribution in [1.29, 1.82) is 0 Å². The van der Waals surface area contributed by atoms with Crippen molar-refractivity contribution in [3.8, 4) is 11.3 Å². The number of nitrogens with one attached hydrogen (secondary N) is 1. The van der Waals surface area contributed by atoms with Gasteiger partial charge in [0.05, 0.1) is 18.4 Å². The second-order valence-corrected chi connectivity index (χ2v) is 7.71. The zero-order valence-electron chi connectivity index (χ0n) is 16.1. The third-order valence-corrected chi connectivity index (χ3v) is 5.76. The van der Waals surface area contributed by atoms with E-state index in [0.29, 0.717) is 12.5 Å². The second-order valence-electron chi connectivity index (χ2n) is 6.77. The summed E-state index contributed by atoms with van der Waals surface area (Å²) in [6.07, 6.45) is 5.22. The van der Waals surface area contributed by atoms with E-state index < -0.39 is 0 Å². The van der Waals surface area contributed by atoms with E-state index in [1.54, 1.807) is 11.3 Å². The van der Waals surface area contributed by atoms with Gasteiger partial charge < -0.3 is 10.2 Å². The predicted octanol–water partition coefficient (Wildman–Crippen LogP) is 3.73. The van der Waals surface area contributed by atoms with Gasteiger partial charge in [-0.05, 0) is 12.0 Å². The fourth-order valence-electron chi connectivity index (χ4n) is 3.50. The Morgan fingerprint density at radius 3 is 2.86 bits per heavy atom. The molecule has 1 atom stereocenters. The molecule has 1 saturated heterocycles. The van der Waals surface area contributed by atoms with Crippen LogP contribution in [-0.4, -0.2) is 45.8 Å². The van der Waals surface area contributed by atoms with E-state index in [2.05, 4.69) is 44.0 Å².